The van der Waals surface area contributed by atoms with Crippen molar-refractivity contribution in [2.24, 2.45) is 0 Å². The largest absolute Gasteiger partial charge is 0.255 e. The van der Waals surface area contributed by atoms with E-state index in [1.165, 1.54) is 0 Å². The Morgan fingerprint density at radius 3 is 2.00 bits per heavy atom. The van der Waals surface area contributed by atoms with Gasteiger partial charge in [0.25, 0.3) is 0 Å². The summed E-state index contributed by atoms with van der Waals surface area (Å²) in [5.74, 6) is 0. The molecule has 126 valence electrons. The Labute approximate surface area is 168 Å². The fourth-order valence-corrected chi connectivity index (χ4v) is 3.28. The second kappa shape index (κ2) is 7.48. The second-order valence-corrected chi connectivity index (χ2v) is 7.42. The van der Waals surface area contributed by atoms with Crippen molar-refractivity contribution in [2.45, 2.75) is 0 Å². The van der Waals surface area contributed by atoms with Crippen LogP contribution in [0.4, 0.5) is 0 Å². The predicted molar refractivity (Wildman–Crippen MR) is 112 cm³/mol. The summed E-state index contributed by atoms with van der Waals surface area (Å²) in [6.45, 7) is 0. The third kappa shape index (κ3) is 3.74. The lowest BCUT2D eigenvalue weighted by Gasteiger charge is -2.09. The molecule has 0 atom stereocenters. The van der Waals surface area contributed by atoms with Crippen LogP contribution in [0.15, 0.2) is 88.1 Å². The number of rotatable bonds is 3. The van der Waals surface area contributed by atoms with E-state index < -0.39 is 0 Å². The molecule has 0 saturated heterocycles. The minimum atomic E-state index is 0.783. The minimum Gasteiger partial charge on any atom is -0.255 e. The third-order valence-electron chi connectivity index (χ3n) is 3.91. The molecule has 0 saturated carbocycles. The summed E-state index contributed by atoms with van der Waals surface area (Å²) in [7, 11) is 0. The van der Waals surface area contributed by atoms with Crippen LogP contribution in [0.5, 0.6) is 0 Å². The number of hydrogen-bond donors (Lipinski definition) is 0. The molecule has 3 aromatic heterocycles. The average Bonchev–Trinajstić information content (AvgIpc) is 2.69. The fourth-order valence-electron chi connectivity index (χ4n) is 2.67. The molecule has 5 heteroatoms. The molecule has 0 unspecified atom stereocenters. The lowest BCUT2D eigenvalue weighted by molar-refractivity contribution is 1.20. The standard InChI is InChI=1S/C21H13Br2N3/c22-16-9-7-14(8-10-16)15-12-19(17-4-1-2-11-24-17)25-20(13-15)18-5-3-6-21(23)26-18/h1-13H. The molecule has 4 rings (SSSR count). The summed E-state index contributed by atoms with van der Waals surface area (Å²) in [5, 5.41) is 0. The van der Waals surface area contributed by atoms with Crippen molar-refractivity contribution in [2.75, 3.05) is 0 Å². The Morgan fingerprint density at radius 2 is 1.31 bits per heavy atom. The van der Waals surface area contributed by atoms with Gasteiger partial charge in [0.05, 0.1) is 22.8 Å². The van der Waals surface area contributed by atoms with Crippen molar-refractivity contribution in [3.8, 4) is 33.9 Å². The normalized spacial score (nSPS) is 10.7. The van der Waals surface area contributed by atoms with Crippen molar-refractivity contribution in [1.29, 1.82) is 0 Å². The van der Waals surface area contributed by atoms with E-state index in [9.17, 15) is 0 Å². The van der Waals surface area contributed by atoms with Crippen LogP contribution in [-0.2, 0) is 0 Å². The SMILES string of the molecule is Brc1ccc(-c2cc(-c3ccccn3)nc(-c3cccc(Br)n3)c2)cc1. The van der Waals surface area contributed by atoms with Crippen LogP contribution in [0.25, 0.3) is 33.9 Å². The molecule has 0 fully saturated rings. The van der Waals surface area contributed by atoms with Crippen LogP contribution in [0.3, 0.4) is 0 Å². The molecule has 0 N–H and O–H groups in total. The Morgan fingerprint density at radius 1 is 0.577 bits per heavy atom. The number of halogens is 2. The van der Waals surface area contributed by atoms with Crippen LogP contribution in [0.2, 0.25) is 0 Å². The van der Waals surface area contributed by atoms with Gasteiger partial charge in [-0.05, 0) is 75.6 Å². The van der Waals surface area contributed by atoms with Gasteiger partial charge in [-0.3, -0.25) is 4.98 Å². The molecular formula is C21H13Br2N3. The van der Waals surface area contributed by atoms with E-state index in [0.717, 1.165) is 43.0 Å². The Bertz CT molecular complexity index is 1050. The van der Waals surface area contributed by atoms with Gasteiger partial charge in [0.2, 0.25) is 0 Å². The molecule has 3 nitrogen and oxygen atoms in total. The average molecular weight is 467 g/mol. The Kier molecular flexibility index (Phi) is 4.91. The molecule has 0 aliphatic rings. The Hall–Kier alpha value is -2.37. The van der Waals surface area contributed by atoms with E-state index >= 15 is 0 Å². The molecule has 3 heterocycles. The van der Waals surface area contributed by atoms with Gasteiger partial charge in [0.1, 0.15) is 4.60 Å². The van der Waals surface area contributed by atoms with Gasteiger partial charge in [-0.1, -0.05) is 40.2 Å². The van der Waals surface area contributed by atoms with E-state index in [2.05, 4.69) is 66.1 Å². The molecule has 0 bridgehead atoms. The minimum absolute atomic E-state index is 0.783. The fraction of sp³-hybridized carbons (Fsp3) is 0. The van der Waals surface area contributed by atoms with Crippen molar-refractivity contribution >= 4 is 31.9 Å². The first kappa shape index (κ1) is 17.1. The first-order valence-electron chi connectivity index (χ1n) is 8.01. The zero-order chi connectivity index (χ0) is 17.9. The van der Waals surface area contributed by atoms with Crippen LogP contribution in [0, 0.1) is 0 Å². The van der Waals surface area contributed by atoms with Gasteiger partial charge in [-0.25, -0.2) is 9.97 Å². The molecule has 0 aliphatic heterocycles. The van der Waals surface area contributed by atoms with Gasteiger partial charge in [0, 0.05) is 10.7 Å². The van der Waals surface area contributed by atoms with E-state index in [1.54, 1.807) is 6.20 Å². The molecular weight excluding hydrogens is 454 g/mol. The van der Waals surface area contributed by atoms with Gasteiger partial charge >= 0.3 is 0 Å². The van der Waals surface area contributed by atoms with Gasteiger partial charge < -0.3 is 0 Å². The molecule has 4 aromatic rings. The summed E-state index contributed by atoms with van der Waals surface area (Å²) in [6.07, 6.45) is 1.78. The highest BCUT2D eigenvalue weighted by Gasteiger charge is 2.10. The smallest absolute Gasteiger partial charge is 0.106 e. The highest BCUT2D eigenvalue weighted by atomic mass is 79.9. The van der Waals surface area contributed by atoms with Crippen LogP contribution in [-0.4, -0.2) is 15.0 Å². The van der Waals surface area contributed by atoms with Crippen molar-refractivity contribution in [1.82, 2.24) is 15.0 Å². The summed E-state index contributed by atoms with van der Waals surface area (Å²) in [5.41, 5.74) is 5.47. The van der Waals surface area contributed by atoms with E-state index in [1.807, 2.05) is 48.5 Å². The summed E-state index contributed by atoms with van der Waals surface area (Å²) < 4.78 is 1.83. The maximum atomic E-state index is 4.80. The monoisotopic (exact) mass is 465 g/mol. The zero-order valence-electron chi connectivity index (χ0n) is 13.6. The topological polar surface area (TPSA) is 38.7 Å². The summed E-state index contributed by atoms with van der Waals surface area (Å²) in [4.78, 5) is 13.8. The van der Waals surface area contributed by atoms with Crippen LogP contribution >= 0.6 is 31.9 Å². The van der Waals surface area contributed by atoms with Gasteiger partial charge in [-0.15, -0.1) is 0 Å². The first-order chi connectivity index (χ1) is 12.7. The summed E-state index contributed by atoms with van der Waals surface area (Å²) >= 11 is 6.93. The molecule has 0 aliphatic carbocycles. The third-order valence-corrected chi connectivity index (χ3v) is 4.88. The van der Waals surface area contributed by atoms with Gasteiger partial charge in [-0.2, -0.15) is 0 Å². The maximum Gasteiger partial charge on any atom is 0.106 e. The van der Waals surface area contributed by atoms with Crippen LogP contribution < -0.4 is 0 Å². The molecule has 0 spiro atoms. The zero-order valence-corrected chi connectivity index (χ0v) is 16.8. The number of pyridine rings is 3. The van der Waals surface area contributed by atoms with Crippen LogP contribution in [0.1, 0.15) is 0 Å². The highest BCUT2D eigenvalue weighted by Crippen LogP contribution is 2.30. The molecule has 1 aromatic carbocycles. The first-order valence-corrected chi connectivity index (χ1v) is 9.60. The van der Waals surface area contributed by atoms with Crippen molar-refractivity contribution < 1.29 is 0 Å². The lowest BCUT2D eigenvalue weighted by atomic mass is 10.0. The van der Waals surface area contributed by atoms with Crippen molar-refractivity contribution in [3.63, 3.8) is 0 Å². The number of hydrogen-bond acceptors (Lipinski definition) is 3. The summed E-state index contributed by atoms with van der Waals surface area (Å²) in [6, 6.07) is 24.0. The Balaban J connectivity index is 1.91. The molecule has 0 amide bonds. The number of nitrogens with zero attached hydrogens (tertiary/aromatic N) is 3. The van der Waals surface area contributed by atoms with Crippen molar-refractivity contribution in [3.05, 3.63) is 88.1 Å². The molecule has 0 radical (unpaired) electrons. The van der Waals surface area contributed by atoms with E-state index in [4.69, 9.17) is 4.98 Å². The predicted octanol–water partition coefficient (Wildman–Crippen LogP) is 6.40. The highest BCUT2D eigenvalue weighted by molar-refractivity contribution is 9.10. The quantitative estimate of drug-likeness (QED) is 0.328. The van der Waals surface area contributed by atoms with Gasteiger partial charge in [0.15, 0.2) is 0 Å². The number of aromatic nitrogens is 3. The maximum absolute atomic E-state index is 4.80. The van der Waals surface area contributed by atoms with E-state index in [0.29, 0.717) is 0 Å². The lowest BCUT2D eigenvalue weighted by Crippen LogP contribution is -1.94. The van der Waals surface area contributed by atoms with E-state index in [-0.39, 0.29) is 0 Å². The number of benzene rings is 1. The second-order valence-electron chi connectivity index (χ2n) is 5.69. The molecule has 26 heavy (non-hydrogen) atoms.